The summed E-state index contributed by atoms with van der Waals surface area (Å²) in [6.07, 6.45) is 3.06. The van der Waals surface area contributed by atoms with E-state index >= 15 is 0 Å². The quantitative estimate of drug-likeness (QED) is 0.653. The van der Waals surface area contributed by atoms with Crippen molar-refractivity contribution in [2.24, 2.45) is 0 Å². The van der Waals surface area contributed by atoms with Crippen LogP contribution in [0.2, 0.25) is 0 Å². The summed E-state index contributed by atoms with van der Waals surface area (Å²) < 4.78 is 5.43. The molecule has 2 aromatic carbocycles. The van der Waals surface area contributed by atoms with Crippen molar-refractivity contribution in [1.82, 2.24) is 9.97 Å². The lowest BCUT2D eigenvalue weighted by Crippen LogP contribution is -2.31. The van der Waals surface area contributed by atoms with Gasteiger partial charge in [0.2, 0.25) is 0 Å². The first-order chi connectivity index (χ1) is 13.6. The Bertz CT molecular complexity index is 924. The largest absolute Gasteiger partial charge is 0.494 e. The van der Waals surface area contributed by atoms with Crippen molar-refractivity contribution >= 4 is 23.1 Å². The Morgan fingerprint density at radius 1 is 1.07 bits per heavy atom. The molecule has 0 aliphatic heterocycles. The molecule has 0 atom stereocenters. The summed E-state index contributed by atoms with van der Waals surface area (Å²) in [5, 5.41) is 3.17. The number of carbonyl (C=O) groups excluding carboxylic acids is 1. The summed E-state index contributed by atoms with van der Waals surface area (Å²) in [7, 11) is 0. The fourth-order valence-electron chi connectivity index (χ4n) is 2.83. The van der Waals surface area contributed by atoms with E-state index < -0.39 is 0 Å². The minimum atomic E-state index is -0.173. The van der Waals surface area contributed by atoms with Crippen LogP contribution in [-0.4, -0.2) is 29.0 Å². The highest BCUT2D eigenvalue weighted by atomic mass is 16.5. The molecule has 6 nitrogen and oxygen atoms in total. The van der Waals surface area contributed by atoms with Crippen molar-refractivity contribution in [3.63, 3.8) is 0 Å². The highest BCUT2D eigenvalue weighted by Gasteiger charge is 2.18. The molecule has 0 bridgehead atoms. The number of hydrogen-bond acceptors (Lipinski definition) is 5. The number of hydrogen-bond donors (Lipinski definition) is 1. The highest BCUT2D eigenvalue weighted by molar-refractivity contribution is 6.04. The molecule has 3 aromatic rings. The van der Waals surface area contributed by atoms with E-state index in [0.29, 0.717) is 24.7 Å². The second-order valence-electron chi connectivity index (χ2n) is 6.26. The van der Waals surface area contributed by atoms with Crippen LogP contribution in [0.4, 0.5) is 17.2 Å². The number of aromatic nitrogens is 2. The Morgan fingerprint density at radius 2 is 1.86 bits per heavy atom. The van der Waals surface area contributed by atoms with Gasteiger partial charge in [-0.2, -0.15) is 0 Å². The first kappa shape index (κ1) is 19.4. The summed E-state index contributed by atoms with van der Waals surface area (Å²) in [5.74, 6) is 1.21. The Labute approximate surface area is 165 Å². The number of rotatable bonds is 7. The van der Waals surface area contributed by atoms with Crippen LogP contribution in [0.25, 0.3) is 0 Å². The third-order valence-electron chi connectivity index (χ3n) is 4.18. The number of nitrogens with one attached hydrogen (secondary N) is 1. The zero-order valence-corrected chi connectivity index (χ0v) is 16.3. The van der Waals surface area contributed by atoms with Crippen LogP contribution in [-0.2, 0) is 0 Å². The summed E-state index contributed by atoms with van der Waals surface area (Å²) in [5.41, 5.74) is 3.13. The molecule has 1 amide bonds. The number of aryl methyl sites for hydroxylation is 1. The van der Waals surface area contributed by atoms with E-state index in [9.17, 15) is 4.79 Å². The van der Waals surface area contributed by atoms with Crippen molar-refractivity contribution in [2.45, 2.75) is 20.8 Å². The smallest absolute Gasteiger partial charge is 0.278 e. The van der Waals surface area contributed by atoms with Gasteiger partial charge >= 0.3 is 0 Å². The van der Waals surface area contributed by atoms with E-state index in [1.54, 1.807) is 11.1 Å². The number of anilines is 3. The van der Waals surface area contributed by atoms with Crippen LogP contribution >= 0.6 is 0 Å². The van der Waals surface area contributed by atoms with Gasteiger partial charge in [0.15, 0.2) is 0 Å². The minimum Gasteiger partial charge on any atom is -0.494 e. The third kappa shape index (κ3) is 4.65. The number of carbonyl (C=O) groups is 1. The summed E-state index contributed by atoms with van der Waals surface area (Å²) in [4.78, 5) is 23.2. The van der Waals surface area contributed by atoms with Gasteiger partial charge in [-0.3, -0.25) is 4.79 Å². The van der Waals surface area contributed by atoms with Gasteiger partial charge in [0.25, 0.3) is 5.91 Å². The van der Waals surface area contributed by atoms with E-state index in [2.05, 4.69) is 15.3 Å². The van der Waals surface area contributed by atoms with Gasteiger partial charge in [0.1, 0.15) is 17.3 Å². The fraction of sp³-hybridized carbons (Fsp3) is 0.227. The monoisotopic (exact) mass is 376 g/mol. The summed E-state index contributed by atoms with van der Waals surface area (Å²) in [6, 6.07) is 15.4. The van der Waals surface area contributed by atoms with Gasteiger partial charge in [-0.1, -0.05) is 12.1 Å². The molecule has 0 radical (unpaired) electrons. The van der Waals surface area contributed by atoms with E-state index in [1.165, 1.54) is 6.20 Å². The van der Waals surface area contributed by atoms with Gasteiger partial charge in [0.05, 0.1) is 19.0 Å². The van der Waals surface area contributed by atoms with Crippen molar-refractivity contribution in [3.05, 3.63) is 72.2 Å². The fourth-order valence-corrected chi connectivity index (χ4v) is 2.83. The van der Waals surface area contributed by atoms with Gasteiger partial charge in [-0.15, -0.1) is 0 Å². The lowest BCUT2D eigenvalue weighted by molar-refractivity contribution is 0.0983. The third-order valence-corrected chi connectivity index (χ3v) is 4.18. The molecule has 0 saturated carbocycles. The molecule has 1 N–H and O–H groups in total. The molecular formula is C22H24N4O2. The van der Waals surface area contributed by atoms with Crippen LogP contribution < -0.4 is 15.0 Å². The number of benzene rings is 2. The molecule has 3 rings (SSSR count). The Balaban J connectivity index is 1.71. The number of ether oxygens (including phenoxy) is 1. The van der Waals surface area contributed by atoms with Crippen molar-refractivity contribution < 1.29 is 9.53 Å². The van der Waals surface area contributed by atoms with Crippen LogP contribution in [0.1, 0.15) is 29.9 Å². The van der Waals surface area contributed by atoms with E-state index in [0.717, 1.165) is 22.7 Å². The molecule has 0 aliphatic rings. The van der Waals surface area contributed by atoms with Gasteiger partial charge in [-0.05, 0) is 62.7 Å². The first-order valence-electron chi connectivity index (χ1n) is 9.31. The van der Waals surface area contributed by atoms with Gasteiger partial charge < -0.3 is 15.0 Å². The van der Waals surface area contributed by atoms with E-state index in [1.807, 2.05) is 69.3 Å². The molecule has 0 saturated heterocycles. The Hall–Kier alpha value is -3.41. The second kappa shape index (κ2) is 8.99. The minimum absolute atomic E-state index is 0.173. The summed E-state index contributed by atoms with van der Waals surface area (Å²) in [6.45, 7) is 7.07. The maximum Gasteiger partial charge on any atom is 0.278 e. The topological polar surface area (TPSA) is 67.3 Å². The molecule has 1 heterocycles. The molecule has 0 spiro atoms. The normalized spacial score (nSPS) is 10.4. The second-order valence-corrected chi connectivity index (χ2v) is 6.26. The van der Waals surface area contributed by atoms with Crippen LogP contribution in [0.15, 0.2) is 60.9 Å². The molecule has 144 valence electrons. The Morgan fingerprint density at radius 3 is 2.46 bits per heavy atom. The average Bonchev–Trinajstić information content (AvgIpc) is 2.71. The predicted molar refractivity (Wildman–Crippen MR) is 111 cm³/mol. The molecule has 0 unspecified atom stereocenters. The molecule has 6 heteroatoms. The van der Waals surface area contributed by atoms with Gasteiger partial charge in [-0.25, -0.2) is 9.97 Å². The van der Waals surface area contributed by atoms with Crippen molar-refractivity contribution in [2.75, 3.05) is 23.4 Å². The predicted octanol–water partition coefficient (Wildman–Crippen LogP) is 4.59. The molecule has 28 heavy (non-hydrogen) atoms. The van der Waals surface area contributed by atoms with E-state index in [-0.39, 0.29) is 5.91 Å². The van der Waals surface area contributed by atoms with Crippen LogP contribution in [0, 0.1) is 6.92 Å². The van der Waals surface area contributed by atoms with E-state index in [4.69, 9.17) is 4.74 Å². The highest BCUT2D eigenvalue weighted by Crippen LogP contribution is 2.20. The molecule has 0 fully saturated rings. The maximum atomic E-state index is 12.8. The maximum absolute atomic E-state index is 12.8. The molecular weight excluding hydrogens is 352 g/mol. The SMILES string of the molecule is CCOc1ccc(Nc2cnc(C(=O)N(CC)c3cccc(C)c3)cn2)cc1. The van der Waals surface area contributed by atoms with Crippen molar-refractivity contribution in [1.29, 1.82) is 0 Å². The zero-order valence-electron chi connectivity index (χ0n) is 16.3. The summed E-state index contributed by atoms with van der Waals surface area (Å²) >= 11 is 0. The number of nitrogens with zero attached hydrogens (tertiary/aromatic N) is 3. The lowest BCUT2D eigenvalue weighted by Gasteiger charge is -2.21. The number of amides is 1. The standard InChI is InChI=1S/C22H24N4O2/c1-4-26(18-8-6-7-16(3)13-18)22(27)20-14-24-21(15-23-20)25-17-9-11-19(12-10-17)28-5-2/h6-15H,4-5H2,1-3H3,(H,24,25). The Kier molecular flexibility index (Phi) is 6.22. The lowest BCUT2D eigenvalue weighted by atomic mass is 10.2. The molecule has 0 aliphatic carbocycles. The van der Waals surface area contributed by atoms with Crippen LogP contribution in [0.5, 0.6) is 5.75 Å². The average molecular weight is 376 g/mol. The van der Waals surface area contributed by atoms with Crippen LogP contribution in [0.3, 0.4) is 0 Å². The van der Waals surface area contributed by atoms with Crippen molar-refractivity contribution in [3.8, 4) is 5.75 Å². The van der Waals surface area contributed by atoms with Gasteiger partial charge in [0, 0.05) is 17.9 Å². The zero-order chi connectivity index (χ0) is 19.9. The molecule has 1 aromatic heterocycles. The first-order valence-corrected chi connectivity index (χ1v) is 9.31.